The fourth-order valence-corrected chi connectivity index (χ4v) is 4.32. The Morgan fingerprint density at radius 2 is 1.90 bits per heavy atom. The van der Waals surface area contributed by atoms with Crippen LogP contribution in [0.1, 0.15) is 49.5 Å². The van der Waals surface area contributed by atoms with Crippen molar-refractivity contribution in [1.29, 1.82) is 0 Å². The Kier molecular flexibility index (Phi) is 5.72. The van der Waals surface area contributed by atoms with Gasteiger partial charge in [-0.3, -0.25) is 9.89 Å². The lowest BCUT2D eigenvalue weighted by atomic mass is 9.87. The lowest BCUT2D eigenvalue weighted by Gasteiger charge is -2.27. The van der Waals surface area contributed by atoms with Gasteiger partial charge in [0.2, 0.25) is 0 Å². The molecular formula is C25H30N4O2. The molecule has 0 saturated carbocycles. The second-order valence-corrected chi connectivity index (χ2v) is 8.71. The largest absolute Gasteiger partial charge is 0.497 e. The van der Waals surface area contributed by atoms with E-state index < -0.39 is 0 Å². The van der Waals surface area contributed by atoms with Gasteiger partial charge >= 0.3 is 0 Å². The molecule has 1 aromatic heterocycles. The van der Waals surface area contributed by atoms with E-state index in [2.05, 4.69) is 54.2 Å². The normalized spacial score (nSPS) is 15.5. The van der Waals surface area contributed by atoms with Crippen molar-refractivity contribution in [3.63, 3.8) is 0 Å². The van der Waals surface area contributed by atoms with E-state index in [0.717, 1.165) is 29.2 Å². The average molecular weight is 419 g/mol. The Hall–Kier alpha value is -3.28. The second-order valence-electron chi connectivity index (χ2n) is 8.71. The highest BCUT2D eigenvalue weighted by atomic mass is 16.5. The number of nitrogens with zero attached hydrogens (tertiary/aromatic N) is 2. The maximum absolute atomic E-state index is 13.2. The Bertz CT molecular complexity index is 1060. The fourth-order valence-electron chi connectivity index (χ4n) is 4.32. The molecule has 2 aromatic carbocycles. The number of ether oxygens (including phenoxy) is 1. The zero-order valence-corrected chi connectivity index (χ0v) is 18.8. The summed E-state index contributed by atoms with van der Waals surface area (Å²) in [7, 11) is 1.63. The van der Waals surface area contributed by atoms with E-state index in [1.54, 1.807) is 13.3 Å². The lowest BCUT2D eigenvalue weighted by Crippen LogP contribution is -2.30. The van der Waals surface area contributed by atoms with Crippen LogP contribution in [0.3, 0.4) is 0 Å². The van der Waals surface area contributed by atoms with Gasteiger partial charge in [0.15, 0.2) is 0 Å². The predicted octanol–water partition coefficient (Wildman–Crippen LogP) is 5.31. The first-order valence-electron chi connectivity index (χ1n) is 10.8. The third-order valence-corrected chi connectivity index (χ3v) is 6.05. The summed E-state index contributed by atoms with van der Waals surface area (Å²) >= 11 is 0. The molecule has 1 unspecified atom stereocenters. The number of hydrogen-bond donors (Lipinski definition) is 2. The Labute approximate surface area is 183 Å². The van der Waals surface area contributed by atoms with Crippen LogP contribution in [-0.2, 0) is 0 Å². The number of H-pyrrole nitrogens is 1. The molecule has 31 heavy (non-hydrogen) atoms. The number of carbonyl (C=O) groups excluding carboxylic acids is 1. The van der Waals surface area contributed by atoms with Gasteiger partial charge in [0.1, 0.15) is 5.75 Å². The number of fused-ring (bicyclic) bond motifs is 1. The third kappa shape index (κ3) is 4.02. The van der Waals surface area contributed by atoms with Crippen molar-refractivity contribution in [2.75, 3.05) is 23.9 Å². The van der Waals surface area contributed by atoms with Crippen LogP contribution >= 0.6 is 0 Å². The monoisotopic (exact) mass is 418 g/mol. The van der Waals surface area contributed by atoms with E-state index in [1.807, 2.05) is 36.4 Å². The van der Waals surface area contributed by atoms with Gasteiger partial charge in [-0.05, 0) is 67.8 Å². The molecule has 0 saturated heterocycles. The van der Waals surface area contributed by atoms with E-state index in [-0.39, 0.29) is 5.91 Å². The average Bonchev–Trinajstić information content (AvgIpc) is 3.42. The van der Waals surface area contributed by atoms with Gasteiger partial charge < -0.3 is 15.0 Å². The SMILES string of the molecule is COc1ccc(NC(=O)c2cc(-c3ccn[nH]3)c3c(c2)C(C(C)C)CN3C(C)C)cc1. The minimum Gasteiger partial charge on any atom is -0.497 e. The zero-order valence-electron chi connectivity index (χ0n) is 18.8. The smallest absolute Gasteiger partial charge is 0.255 e. The van der Waals surface area contributed by atoms with Crippen LogP contribution in [0.25, 0.3) is 11.3 Å². The molecule has 0 fully saturated rings. The number of amides is 1. The number of methoxy groups -OCH3 is 1. The van der Waals surface area contributed by atoms with Crippen molar-refractivity contribution >= 4 is 17.3 Å². The first-order chi connectivity index (χ1) is 14.9. The molecule has 4 rings (SSSR count). The Balaban J connectivity index is 1.78. The van der Waals surface area contributed by atoms with Gasteiger partial charge in [0.05, 0.1) is 18.5 Å². The first-order valence-corrected chi connectivity index (χ1v) is 10.8. The summed E-state index contributed by atoms with van der Waals surface area (Å²) in [6, 6.07) is 13.7. The molecule has 6 nitrogen and oxygen atoms in total. The molecule has 2 N–H and O–H groups in total. The van der Waals surface area contributed by atoms with Crippen molar-refractivity contribution in [2.24, 2.45) is 5.92 Å². The van der Waals surface area contributed by atoms with Gasteiger partial charge in [-0.1, -0.05) is 13.8 Å². The van der Waals surface area contributed by atoms with E-state index in [0.29, 0.717) is 23.4 Å². The number of carbonyl (C=O) groups is 1. The molecule has 0 radical (unpaired) electrons. The summed E-state index contributed by atoms with van der Waals surface area (Å²) in [6.07, 6.45) is 1.75. The molecule has 1 aliphatic rings. The molecule has 0 spiro atoms. The topological polar surface area (TPSA) is 70.2 Å². The van der Waals surface area contributed by atoms with E-state index in [4.69, 9.17) is 4.74 Å². The van der Waals surface area contributed by atoms with Crippen molar-refractivity contribution in [3.05, 3.63) is 59.8 Å². The standard InChI is InChI=1S/C25H30N4O2/c1-15(2)22-14-29(16(3)4)24-20(22)12-17(13-21(24)23-10-11-26-28-23)25(30)27-18-6-8-19(31-5)9-7-18/h6-13,15-16,22H,14H2,1-5H3,(H,26,28)(H,27,30). The number of aromatic amines is 1. The minimum absolute atomic E-state index is 0.126. The van der Waals surface area contributed by atoms with Crippen LogP contribution in [0.5, 0.6) is 5.75 Å². The van der Waals surface area contributed by atoms with Crippen LogP contribution < -0.4 is 15.0 Å². The highest BCUT2D eigenvalue weighted by Crippen LogP contribution is 2.47. The summed E-state index contributed by atoms with van der Waals surface area (Å²) < 4.78 is 5.20. The highest BCUT2D eigenvalue weighted by molar-refractivity contribution is 6.06. The molecule has 0 aliphatic carbocycles. The number of aromatic nitrogens is 2. The van der Waals surface area contributed by atoms with Crippen LogP contribution in [0, 0.1) is 5.92 Å². The van der Waals surface area contributed by atoms with E-state index in [1.165, 1.54) is 11.3 Å². The molecule has 0 bridgehead atoms. The van der Waals surface area contributed by atoms with Crippen LogP contribution in [-0.4, -0.2) is 35.8 Å². The third-order valence-electron chi connectivity index (χ3n) is 6.05. The fraction of sp³-hybridized carbons (Fsp3) is 0.360. The maximum Gasteiger partial charge on any atom is 0.255 e. The minimum atomic E-state index is -0.126. The quantitative estimate of drug-likeness (QED) is 0.569. The van der Waals surface area contributed by atoms with Gasteiger partial charge in [-0.25, -0.2) is 0 Å². The van der Waals surface area contributed by atoms with Crippen molar-refractivity contribution in [3.8, 4) is 17.0 Å². The number of benzene rings is 2. The first kappa shape index (κ1) is 21.0. The summed E-state index contributed by atoms with van der Waals surface area (Å²) in [5.41, 5.74) is 5.76. The van der Waals surface area contributed by atoms with Crippen molar-refractivity contribution < 1.29 is 9.53 Å². The molecule has 2 heterocycles. The Morgan fingerprint density at radius 1 is 1.16 bits per heavy atom. The second kappa shape index (κ2) is 8.46. The van der Waals surface area contributed by atoms with Crippen LogP contribution in [0.4, 0.5) is 11.4 Å². The molecule has 1 aliphatic heterocycles. The molecule has 1 amide bonds. The summed E-state index contributed by atoms with van der Waals surface area (Å²) in [6.45, 7) is 9.88. The van der Waals surface area contributed by atoms with Crippen LogP contribution in [0.2, 0.25) is 0 Å². The van der Waals surface area contributed by atoms with Gasteiger partial charge in [-0.2, -0.15) is 5.10 Å². The molecular weight excluding hydrogens is 388 g/mol. The summed E-state index contributed by atoms with van der Waals surface area (Å²) in [4.78, 5) is 15.6. The summed E-state index contributed by atoms with van der Waals surface area (Å²) in [5.74, 6) is 1.47. The highest BCUT2D eigenvalue weighted by Gasteiger charge is 2.35. The number of rotatable bonds is 6. The number of nitrogens with one attached hydrogen (secondary N) is 2. The molecule has 1 atom stereocenters. The van der Waals surface area contributed by atoms with Crippen LogP contribution in [0.15, 0.2) is 48.7 Å². The Morgan fingerprint density at radius 3 is 2.48 bits per heavy atom. The summed E-state index contributed by atoms with van der Waals surface area (Å²) in [5, 5.41) is 10.3. The number of hydrogen-bond acceptors (Lipinski definition) is 4. The van der Waals surface area contributed by atoms with Gasteiger partial charge in [-0.15, -0.1) is 0 Å². The molecule has 162 valence electrons. The van der Waals surface area contributed by atoms with Crippen molar-refractivity contribution in [1.82, 2.24) is 10.2 Å². The van der Waals surface area contributed by atoms with Gasteiger partial charge in [0, 0.05) is 41.5 Å². The van der Waals surface area contributed by atoms with Gasteiger partial charge in [0.25, 0.3) is 5.91 Å². The zero-order chi connectivity index (χ0) is 22.1. The van der Waals surface area contributed by atoms with E-state index >= 15 is 0 Å². The van der Waals surface area contributed by atoms with Crippen molar-refractivity contribution in [2.45, 2.75) is 39.7 Å². The predicted molar refractivity (Wildman–Crippen MR) is 125 cm³/mol. The molecule has 6 heteroatoms. The number of anilines is 2. The van der Waals surface area contributed by atoms with E-state index in [9.17, 15) is 4.79 Å². The molecule has 3 aromatic rings. The lowest BCUT2D eigenvalue weighted by molar-refractivity contribution is 0.102. The maximum atomic E-state index is 13.2.